The Hall–Kier alpha value is -0.540. The fourth-order valence-corrected chi connectivity index (χ4v) is 3.30. The summed E-state index contributed by atoms with van der Waals surface area (Å²) in [6, 6.07) is 8.18. The van der Waals surface area contributed by atoms with Crippen molar-refractivity contribution >= 4 is 21.6 Å². The Morgan fingerprint density at radius 1 is 1.26 bits per heavy atom. The quantitative estimate of drug-likeness (QED) is 0.898. The summed E-state index contributed by atoms with van der Waals surface area (Å²) >= 11 is 3.63. The van der Waals surface area contributed by atoms with Crippen LogP contribution in [-0.2, 0) is 6.54 Å². The third-order valence-electron chi connectivity index (χ3n) is 4.32. The zero-order chi connectivity index (χ0) is 13.2. The van der Waals surface area contributed by atoms with Gasteiger partial charge in [-0.2, -0.15) is 0 Å². The molecule has 1 unspecified atom stereocenters. The molecule has 3 rings (SSSR count). The highest BCUT2D eigenvalue weighted by Crippen LogP contribution is 2.31. The molecule has 0 amide bonds. The molecule has 2 aliphatic rings. The van der Waals surface area contributed by atoms with E-state index in [1.54, 1.807) is 0 Å². The topological polar surface area (TPSA) is 15.3 Å². The summed E-state index contributed by atoms with van der Waals surface area (Å²) < 4.78 is 1.19. The van der Waals surface area contributed by atoms with Gasteiger partial charge in [0.25, 0.3) is 0 Å². The smallest absolute Gasteiger partial charge is 0.0425 e. The summed E-state index contributed by atoms with van der Waals surface area (Å²) in [5.74, 6) is 0. The first-order valence-corrected chi connectivity index (χ1v) is 8.32. The highest BCUT2D eigenvalue weighted by atomic mass is 79.9. The van der Waals surface area contributed by atoms with Gasteiger partial charge >= 0.3 is 0 Å². The zero-order valence-electron chi connectivity index (χ0n) is 11.7. The normalized spacial score (nSPS) is 23.7. The fraction of sp³-hybridized carbons (Fsp3) is 0.625. The number of nitrogens with one attached hydrogen (secondary N) is 1. The molecular formula is C16H23BrN2. The Bertz CT molecular complexity index is 442. The van der Waals surface area contributed by atoms with Crippen molar-refractivity contribution in [3.8, 4) is 0 Å². The van der Waals surface area contributed by atoms with Crippen LogP contribution in [-0.4, -0.2) is 18.6 Å². The third-order valence-corrected chi connectivity index (χ3v) is 4.81. The number of hydrogen-bond acceptors (Lipinski definition) is 2. The molecule has 1 saturated carbocycles. The fourth-order valence-electron chi connectivity index (χ4n) is 2.95. The van der Waals surface area contributed by atoms with E-state index in [1.165, 1.54) is 54.4 Å². The van der Waals surface area contributed by atoms with E-state index in [-0.39, 0.29) is 0 Å². The molecule has 3 heteroatoms. The lowest BCUT2D eigenvalue weighted by Gasteiger charge is -2.37. The molecule has 1 aliphatic carbocycles. The summed E-state index contributed by atoms with van der Waals surface area (Å²) in [7, 11) is 0. The van der Waals surface area contributed by atoms with Crippen LogP contribution in [0.25, 0.3) is 0 Å². The van der Waals surface area contributed by atoms with E-state index >= 15 is 0 Å². The van der Waals surface area contributed by atoms with Crippen molar-refractivity contribution in [1.29, 1.82) is 0 Å². The van der Waals surface area contributed by atoms with Gasteiger partial charge in [-0.05, 0) is 56.7 Å². The highest BCUT2D eigenvalue weighted by molar-refractivity contribution is 9.10. The number of nitrogens with zero attached hydrogens (tertiary/aromatic N) is 1. The Morgan fingerprint density at radius 2 is 2.11 bits per heavy atom. The summed E-state index contributed by atoms with van der Waals surface area (Å²) in [5.41, 5.74) is 2.87. The Kier molecular flexibility index (Phi) is 4.13. The van der Waals surface area contributed by atoms with E-state index in [9.17, 15) is 0 Å². The van der Waals surface area contributed by atoms with Crippen LogP contribution < -0.4 is 10.2 Å². The van der Waals surface area contributed by atoms with E-state index in [0.29, 0.717) is 6.04 Å². The van der Waals surface area contributed by atoms with Crippen molar-refractivity contribution in [1.82, 2.24) is 5.32 Å². The van der Waals surface area contributed by atoms with Crippen LogP contribution in [0.1, 0.15) is 44.6 Å². The third kappa shape index (κ3) is 3.32. The van der Waals surface area contributed by atoms with Crippen LogP contribution in [0.2, 0.25) is 0 Å². The maximum absolute atomic E-state index is 3.64. The molecule has 2 nitrogen and oxygen atoms in total. The van der Waals surface area contributed by atoms with Crippen LogP contribution in [0.3, 0.4) is 0 Å². The van der Waals surface area contributed by atoms with Gasteiger partial charge in [0.1, 0.15) is 0 Å². The zero-order valence-corrected chi connectivity index (χ0v) is 13.2. The van der Waals surface area contributed by atoms with Crippen LogP contribution in [0.15, 0.2) is 22.7 Å². The van der Waals surface area contributed by atoms with Crippen molar-refractivity contribution in [2.24, 2.45) is 0 Å². The second kappa shape index (κ2) is 5.84. The minimum absolute atomic E-state index is 0.669. The first-order chi connectivity index (χ1) is 9.24. The summed E-state index contributed by atoms with van der Waals surface area (Å²) in [6.45, 7) is 4.57. The molecule has 0 bridgehead atoms. The molecule has 0 aromatic heterocycles. The summed E-state index contributed by atoms with van der Waals surface area (Å²) in [5, 5.41) is 3.64. The lowest BCUT2D eigenvalue weighted by molar-refractivity contribution is 0.483. The molecule has 1 aromatic rings. The monoisotopic (exact) mass is 322 g/mol. The second-order valence-corrected chi connectivity index (χ2v) is 6.88. The minimum atomic E-state index is 0.669. The standard InChI is InChI=1S/C16H23BrN2/c1-12-4-2-3-9-19(12)16-10-14(17)6-5-13(16)11-18-15-7-8-15/h5-6,10,12,15,18H,2-4,7-9,11H2,1H3. The number of rotatable bonds is 4. The average molecular weight is 323 g/mol. The molecule has 1 aliphatic heterocycles. The van der Waals surface area contributed by atoms with Crippen LogP contribution in [0.5, 0.6) is 0 Å². The van der Waals surface area contributed by atoms with Gasteiger partial charge in [-0.15, -0.1) is 0 Å². The maximum Gasteiger partial charge on any atom is 0.0425 e. The van der Waals surface area contributed by atoms with Crippen molar-refractivity contribution in [2.75, 3.05) is 11.4 Å². The molecule has 1 N–H and O–H groups in total. The Labute approximate surface area is 124 Å². The first kappa shape index (κ1) is 13.4. The molecule has 104 valence electrons. The predicted octanol–water partition coefficient (Wildman–Crippen LogP) is 4.08. The van der Waals surface area contributed by atoms with Gasteiger partial charge in [-0.1, -0.05) is 22.0 Å². The molecule has 0 radical (unpaired) electrons. The SMILES string of the molecule is CC1CCCCN1c1cc(Br)ccc1CNC1CC1. The van der Waals surface area contributed by atoms with Crippen LogP contribution in [0, 0.1) is 0 Å². The summed E-state index contributed by atoms with van der Waals surface area (Å²) in [4.78, 5) is 2.60. The van der Waals surface area contributed by atoms with E-state index in [4.69, 9.17) is 0 Å². The van der Waals surface area contributed by atoms with Gasteiger partial charge in [-0.3, -0.25) is 0 Å². The highest BCUT2D eigenvalue weighted by Gasteiger charge is 2.23. The number of anilines is 1. The molecule has 19 heavy (non-hydrogen) atoms. The molecule has 1 atom stereocenters. The van der Waals surface area contributed by atoms with E-state index in [0.717, 1.165) is 12.6 Å². The first-order valence-electron chi connectivity index (χ1n) is 7.52. The predicted molar refractivity (Wildman–Crippen MR) is 84.7 cm³/mol. The minimum Gasteiger partial charge on any atom is -0.369 e. The lowest BCUT2D eigenvalue weighted by Crippen LogP contribution is -2.38. The molecule has 1 aromatic carbocycles. The molecule has 2 fully saturated rings. The van der Waals surface area contributed by atoms with Crippen molar-refractivity contribution < 1.29 is 0 Å². The number of hydrogen-bond donors (Lipinski definition) is 1. The number of piperidine rings is 1. The Morgan fingerprint density at radius 3 is 2.84 bits per heavy atom. The van der Waals surface area contributed by atoms with Crippen LogP contribution >= 0.6 is 15.9 Å². The summed E-state index contributed by atoms with van der Waals surface area (Å²) in [6.07, 6.45) is 6.73. The number of benzene rings is 1. The van der Waals surface area contributed by atoms with Crippen molar-refractivity contribution in [2.45, 2.75) is 57.7 Å². The van der Waals surface area contributed by atoms with E-state index < -0.39 is 0 Å². The Balaban J connectivity index is 1.81. The lowest BCUT2D eigenvalue weighted by atomic mass is 10.0. The second-order valence-electron chi connectivity index (χ2n) is 5.97. The van der Waals surface area contributed by atoms with Crippen molar-refractivity contribution in [3.63, 3.8) is 0 Å². The van der Waals surface area contributed by atoms with E-state index in [2.05, 4.69) is 51.3 Å². The maximum atomic E-state index is 3.64. The van der Waals surface area contributed by atoms with Crippen molar-refractivity contribution in [3.05, 3.63) is 28.2 Å². The molecule has 1 heterocycles. The van der Waals surface area contributed by atoms with Gasteiger partial charge in [0.2, 0.25) is 0 Å². The van der Waals surface area contributed by atoms with Gasteiger partial charge < -0.3 is 10.2 Å². The van der Waals surface area contributed by atoms with E-state index in [1.807, 2.05) is 0 Å². The van der Waals surface area contributed by atoms with Gasteiger partial charge in [0, 0.05) is 35.3 Å². The molecular weight excluding hydrogens is 300 g/mol. The average Bonchev–Trinajstić information content (AvgIpc) is 3.22. The molecule has 1 saturated heterocycles. The largest absolute Gasteiger partial charge is 0.369 e. The van der Waals surface area contributed by atoms with Gasteiger partial charge in [0.15, 0.2) is 0 Å². The number of halogens is 1. The van der Waals surface area contributed by atoms with Crippen LogP contribution in [0.4, 0.5) is 5.69 Å². The molecule has 0 spiro atoms. The van der Waals surface area contributed by atoms with Gasteiger partial charge in [0.05, 0.1) is 0 Å². The van der Waals surface area contributed by atoms with Gasteiger partial charge in [-0.25, -0.2) is 0 Å².